The van der Waals surface area contributed by atoms with E-state index < -0.39 is 24.4 Å². The third-order valence-corrected chi connectivity index (χ3v) is 5.37. The summed E-state index contributed by atoms with van der Waals surface area (Å²) in [7, 11) is 0. The summed E-state index contributed by atoms with van der Waals surface area (Å²) in [4.78, 5) is 39.8. The molecular formula is C22H20ClFN4O3. The highest BCUT2D eigenvalue weighted by Gasteiger charge is 2.35. The van der Waals surface area contributed by atoms with E-state index in [1.165, 1.54) is 12.1 Å². The van der Waals surface area contributed by atoms with E-state index in [1.807, 2.05) is 4.90 Å². The van der Waals surface area contributed by atoms with Crippen molar-refractivity contribution < 1.29 is 18.8 Å². The number of hydrogen-bond donors (Lipinski definition) is 2. The van der Waals surface area contributed by atoms with Gasteiger partial charge < -0.3 is 15.5 Å². The summed E-state index contributed by atoms with van der Waals surface area (Å²) < 4.78 is 14.5. The Balaban J connectivity index is 1.43. The lowest BCUT2D eigenvalue weighted by Crippen LogP contribution is -2.38. The van der Waals surface area contributed by atoms with E-state index in [0.717, 1.165) is 30.8 Å². The lowest BCUT2D eigenvalue weighted by molar-refractivity contribution is -0.127. The molecule has 2 fully saturated rings. The molecule has 31 heavy (non-hydrogen) atoms. The number of nitrogens with zero attached hydrogens (tertiary/aromatic N) is 2. The number of imide groups is 1. The van der Waals surface area contributed by atoms with Crippen LogP contribution in [-0.2, 0) is 9.59 Å². The van der Waals surface area contributed by atoms with Gasteiger partial charge in [0.15, 0.2) is 0 Å². The van der Waals surface area contributed by atoms with E-state index in [4.69, 9.17) is 11.6 Å². The van der Waals surface area contributed by atoms with Gasteiger partial charge in [-0.05, 0) is 60.9 Å². The number of rotatable bonds is 5. The van der Waals surface area contributed by atoms with Gasteiger partial charge in [-0.3, -0.25) is 9.59 Å². The quantitative estimate of drug-likeness (QED) is 0.547. The highest BCUT2D eigenvalue weighted by atomic mass is 35.5. The van der Waals surface area contributed by atoms with Gasteiger partial charge in [0, 0.05) is 23.8 Å². The SMILES string of the molecule is O=C(CN1C(=O)N/C(=C/c2ccc(N3CCCC3)c(F)c2)C1=O)Nc1ccc(Cl)cc1. The first-order valence-corrected chi connectivity index (χ1v) is 10.2. The lowest BCUT2D eigenvalue weighted by Gasteiger charge is -2.18. The zero-order valence-corrected chi connectivity index (χ0v) is 17.3. The molecule has 0 unspecified atom stereocenters. The maximum absolute atomic E-state index is 14.5. The van der Waals surface area contributed by atoms with Crippen LogP contribution >= 0.6 is 11.6 Å². The minimum absolute atomic E-state index is 0.0161. The highest BCUT2D eigenvalue weighted by molar-refractivity contribution is 6.30. The summed E-state index contributed by atoms with van der Waals surface area (Å²) in [5, 5.41) is 5.55. The van der Waals surface area contributed by atoms with Crippen molar-refractivity contribution in [2.45, 2.75) is 12.8 Å². The number of carbonyl (C=O) groups is 3. The van der Waals surface area contributed by atoms with Crippen molar-refractivity contribution >= 4 is 46.9 Å². The van der Waals surface area contributed by atoms with E-state index in [9.17, 15) is 18.8 Å². The number of carbonyl (C=O) groups excluding carboxylic acids is 3. The summed E-state index contributed by atoms with van der Waals surface area (Å²) in [6.45, 7) is 1.19. The average molecular weight is 443 g/mol. The molecule has 0 aromatic heterocycles. The minimum atomic E-state index is -0.711. The molecule has 0 radical (unpaired) electrons. The van der Waals surface area contributed by atoms with E-state index in [-0.39, 0.29) is 11.5 Å². The number of urea groups is 1. The first kappa shape index (κ1) is 20.9. The molecule has 2 aromatic carbocycles. The van der Waals surface area contributed by atoms with Gasteiger partial charge >= 0.3 is 6.03 Å². The third kappa shape index (κ3) is 4.69. The Morgan fingerprint density at radius 1 is 1.13 bits per heavy atom. The van der Waals surface area contributed by atoms with Crippen molar-refractivity contribution in [3.05, 3.63) is 64.6 Å². The van der Waals surface area contributed by atoms with Gasteiger partial charge in [-0.25, -0.2) is 14.1 Å². The van der Waals surface area contributed by atoms with Crippen LogP contribution in [0.25, 0.3) is 6.08 Å². The Kier molecular flexibility index (Phi) is 5.90. The van der Waals surface area contributed by atoms with Crippen molar-refractivity contribution in [1.29, 1.82) is 0 Å². The average Bonchev–Trinajstić information content (AvgIpc) is 3.35. The topological polar surface area (TPSA) is 81.8 Å². The van der Waals surface area contributed by atoms with Gasteiger partial charge in [0.1, 0.15) is 18.1 Å². The lowest BCUT2D eigenvalue weighted by atomic mass is 10.1. The van der Waals surface area contributed by atoms with Crippen molar-refractivity contribution in [3.63, 3.8) is 0 Å². The van der Waals surface area contributed by atoms with Crippen LogP contribution in [-0.4, -0.2) is 42.4 Å². The number of amides is 4. The summed E-state index contributed by atoms with van der Waals surface area (Å²) in [6.07, 6.45) is 3.47. The molecule has 2 aliphatic heterocycles. The summed E-state index contributed by atoms with van der Waals surface area (Å²) >= 11 is 5.81. The monoisotopic (exact) mass is 442 g/mol. The molecule has 2 saturated heterocycles. The first-order valence-electron chi connectivity index (χ1n) is 9.85. The molecule has 0 atom stereocenters. The van der Waals surface area contributed by atoms with Gasteiger partial charge in [-0.2, -0.15) is 0 Å². The molecule has 0 bridgehead atoms. The van der Waals surface area contributed by atoms with E-state index in [2.05, 4.69) is 10.6 Å². The second kappa shape index (κ2) is 8.77. The van der Waals surface area contributed by atoms with Gasteiger partial charge in [0.2, 0.25) is 5.91 Å². The Morgan fingerprint density at radius 2 is 1.84 bits per heavy atom. The van der Waals surface area contributed by atoms with Crippen LogP contribution in [0, 0.1) is 5.82 Å². The second-order valence-corrected chi connectivity index (χ2v) is 7.78. The predicted octanol–water partition coefficient (Wildman–Crippen LogP) is 3.61. The highest BCUT2D eigenvalue weighted by Crippen LogP contribution is 2.25. The molecule has 7 nitrogen and oxygen atoms in total. The number of benzene rings is 2. The van der Waals surface area contributed by atoms with Crippen molar-refractivity contribution in [3.8, 4) is 0 Å². The molecule has 9 heteroatoms. The van der Waals surface area contributed by atoms with Crippen molar-refractivity contribution in [2.24, 2.45) is 0 Å². The van der Waals surface area contributed by atoms with Gasteiger partial charge in [0.25, 0.3) is 5.91 Å². The molecule has 4 rings (SSSR count). The van der Waals surface area contributed by atoms with Crippen LogP contribution in [0.5, 0.6) is 0 Å². The van der Waals surface area contributed by atoms with E-state index in [0.29, 0.717) is 22.0 Å². The van der Waals surface area contributed by atoms with Crippen LogP contribution in [0.4, 0.5) is 20.6 Å². The number of nitrogens with one attached hydrogen (secondary N) is 2. The molecule has 160 valence electrons. The number of hydrogen-bond acceptors (Lipinski definition) is 4. The molecule has 4 amide bonds. The molecule has 0 saturated carbocycles. The number of halogens is 2. The molecule has 2 aliphatic rings. The fourth-order valence-corrected chi connectivity index (χ4v) is 3.71. The maximum atomic E-state index is 14.5. The van der Waals surface area contributed by atoms with Gasteiger partial charge in [0.05, 0.1) is 5.69 Å². The Bertz CT molecular complexity index is 1060. The number of anilines is 2. The van der Waals surface area contributed by atoms with Gasteiger partial charge in [-0.1, -0.05) is 17.7 Å². The van der Waals surface area contributed by atoms with Crippen LogP contribution in [0.15, 0.2) is 48.2 Å². The molecule has 0 spiro atoms. The Labute approximate surface area is 183 Å². The summed E-state index contributed by atoms with van der Waals surface area (Å²) in [5.41, 5.74) is 1.45. The summed E-state index contributed by atoms with van der Waals surface area (Å²) in [5.74, 6) is -1.57. The molecule has 2 N–H and O–H groups in total. The Morgan fingerprint density at radius 3 is 2.52 bits per heavy atom. The van der Waals surface area contributed by atoms with Crippen molar-refractivity contribution in [1.82, 2.24) is 10.2 Å². The zero-order valence-electron chi connectivity index (χ0n) is 16.5. The van der Waals surface area contributed by atoms with Crippen LogP contribution in [0.1, 0.15) is 18.4 Å². The smallest absolute Gasteiger partial charge is 0.329 e. The van der Waals surface area contributed by atoms with Crippen molar-refractivity contribution in [2.75, 3.05) is 29.9 Å². The van der Waals surface area contributed by atoms with Crippen LogP contribution in [0.2, 0.25) is 5.02 Å². The summed E-state index contributed by atoms with van der Waals surface area (Å²) in [6, 6.07) is 10.4. The van der Waals surface area contributed by atoms with E-state index in [1.54, 1.807) is 36.4 Å². The van der Waals surface area contributed by atoms with Gasteiger partial charge in [-0.15, -0.1) is 0 Å². The standard InChI is InChI=1S/C22H20ClFN4O3/c23-15-4-6-16(7-5-15)25-20(29)13-28-21(30)18(26-22(28)31)12-14-3-8-19(17(24)11-14)27-9-1-2-10-27/h3-8,11-12H,1-2,9-10,13H2,(H,25,29)(H,26,31)/b18-12+. The third-order valence-electron chi connectivity index (χ3n) is 5.12. The largest absolute Gasteiger partial charge is 0.369 e. The van der Waals surface area contributed by atoms with Crippen LogP contribution < -0.4 is 15.5 Å². The fraction of sp³-hybridized carbons (Fsp3) is 0.227. The normalized spacial score (nSPS) is 17.4. The minimum Gasteiger partial charge on any atom is -0.369 e. The van der Waals surface area contributed by atoms with E-state index >= 15 is 0 Å². The molecule has 0 aliphatic carbocycles. The zero-order chi connectivity index (χ0) is 22.0. The Hall–Kier alpha value is -3.39. The second-order valence-electron chi connectivity index (χ2n) is 7.34. The van der Waals surface area contributed by atoms with Crippen LogP contribution in [0.3, 0.4) is 0 Å². The fourth-order valence-electron chi connectivity index (χ4n) is 3.59. The maximum Gasteiger partial charge on any atom is 0.329 e. The molecule has 2 aromatic rings. The molecule has 2 heterocycles. The first-order chi connectivity index (χ1) is 14.9. The molecular weight excluding hydrogens is 423 g/mol. The predicted molar refractivity (Wildman–Crippen MR) is 116 cm³/mol.